The highest BCUT2D eigenvalue weighted by atomic mass is 15.1. The lowest BCUT2D eigenvalue weighted by molar-refractivity contribution is 1.10. The number of aromatic nitrogens is 4. The molecule has 4 nitrogen and oxygen atoms in total. The van der Waals surface area contributed by atoms with Gasteiger partial charge in [0.2, 0.25) is 0 Å². The van der Waals surface area contributed by atoms with E-state index in [2.05, 4.69) is 115 Å². The van der Waals surface area contributed by atoms with E-state index in [1.165, 1.54) is 5.56 Å². The molecule has 208 valence electrons. The van der Waals surface area contributed by atoms with Gasteiger partial charge in [0, 0.05) is 22.4 Å². The smallest absolute Gasteiger partial charge is 0.145 e. The Kier molecular flexibility index (Phi) is 6.31. The molecule has 0 saturated heterocycles. The Morgan fingerprint density at radius 2 is 0.909 bits per heavy atom. The Bertz CT molecular complexity index is 2250. The predicted octanol–water partition coefficient (Wildman–Crippen LogP) is 9.95. The molecule has 8 rings (SSSR count). The summed E-state index contributed by atoms with van der Waals surface area (Å²) < 4.78 is 2.25. The molecule has 0 aliphatic carbocycles. The van der Waals surface area contributed by atoms with Crippen molar-refractivity contribution < 1.29 is 0 Å². The average molecular weight is 565 g/mol. The molecule has 0 N–H and O–H groups in total. The zero-order valence-corrected chi connectivity index (χ0v) is 24.2. The highest BCUT2D eigenvalue weighted by Crippen LogP contribution is 2.34. The molecule has 0 spiro atoms. The fraction of sp³-hybridized carbons (Fsp3) is 0.0250. The lowest BCUT2D eigenvalue weighted by Gasteiger charge is -2.12. The van der Waals surface area contributed by atoms with Gasteiger partial charge in [0.1, 0.15) is 5.82 Å². The Labute approximate surface area is 256 Å². The Morgan fingerprint density at radius 1 is 0.409 bits per heavy atom. The molecule has 0 aliphatic heterocycles. The lowest BCUT2D eigenvalue weighted by Crippen LogP contribution is -1.97. The minimum Gasteiger partial charge on any atom is -0.292 e. The summed E-state index contributed by atoms with van der Waals surface area (Å²) in [4.78, 5) is 15.2. The fourth-order valence-corrected chi connectivity index (χ4v) is 5.90. The van der Waals surface area contributed by atoms with Gasteiger partial charge in [0.05, 0.1) is 33.5 Å². The van der Waals surface area contributed by atoms with Crippen molar-refractivity contribution in [2.45, 2.75) is 6.92 Å². The first-order chi connectivity index (χ1) is 21.7. The Balaban J connectivity index is 1.16. The van der Waals surface area contributed by atoms with E-state index in [1.807, 2.05) is 48.5 Å². The van der Waals surface area contributed by atoms with Gasteiger partial charge in [-0.3, -0.25) is 4.57 Å². The molecule has 0 aliphatic rings. The second kappa shape index (κ2) is 10.8. The molecule has 0 bridgehead atoms. The van der Waals surface area contributed by atoms with E-state index in [0.717, 1.165) is 72.8 Å². The van der Waals surface area contributed by atoms with Crippen molar-refractivity contribution in [1.29, 1.82) is 0 Å². The van der Waals surface area contributed by atoms with Crippen LogP contribution in [0.15, 0.2) is 152 Å². The highest BCUT2D eigenvalue weighted by molar-refractivity contribution is 5.88. The van der Waals surface area contributed by atoms with E-state index in [0.29, 0.717) is 0 Å². The average Bonchev–Trinajstić information content (AvgIpc) is 3.50. The van der Waals surface area contributed by atoms with Crippen LogP contribution in [-0.2, 0) is 0 Å². The van der Waals surface area contributed by atoms with Crippen molar-refractivity contribution in [3.05, 3.63) is 157 Å². The van der Waals surface area contributed by atoms with E-state index in [1.54, 1.807) is 0 Å². The zero-order valence-electron chi connectivity index (χ0n) is 24.2. The first-order valence-electron chi connectivity index (χ1n) is 14.8. The number of imidazole rings is 1. The highest BCUT2D eigenvalue weighted by Gasteiger charge is 2.16. The summed E-state index contributed by atoms with van der Waals surface area (Å²) in [6.45, 7) is 2.12. The van der Waals surface area contributed by atoms with Crippen LogP contribution < -0.4 is 0 Å². The van der Waals surface area contributed by atoms with Crippen LogP contribution >= 0.6 is 0 Å². The number of aryl methyl sites for hydroxylation is 1. The third-order valence-corrected chi connectivity index (χ3v) is 8.15. The van der Waals surface area contributed by atoms with Gasteiger partial charge in [-0.1, -0.05) is 121 Å². The maximum atomic E-state index is 5.11. The largest absolute Gasteiger partial charge is 0.292 e. The van der Waals surface area contributed by atoms with Gasteiger partial charge in [-0.05, 0) is 53.9 Å². The van der Waals surface area contributed by atoms with Crippen LogP contribution in [0.3, 0.4) is 0 Å². The van der Waals surface area contributed by atoms with Crippen LogP contribution in [0.4, 0.5) is 0 Å². The molecule has 2 aromatic heterocycles. The number of hydrogen-bond acceptors (Lipinski definition) is 3. The Morgan fingerprint density at radius 3 is 1.52 bits per heavy atom. The number of para-hydroxylation sites is 4. The van der Waals surface area contributed by atoms with Crippen LogP contribution in [0.2, 0.25) is 0 Å². The first-order valence-corrected chi connectivity index (χ1v) is 14.8. The minimum absolute atomic E-state index is 0.881. The second-order valence-electron chi connectivity index (χ2n) is 11.0. The fourth-order valence-electron chi connectivity index (χ4n) is 5.90. The minimum atomic E-state index is 0.881. The summed E-state index contributed by atoms with van der Waals surface area (Å²) in [5.74, 6) is 0.936. The van der Waals surface area contributed by atoms with E-state index in [-0.39, 0.29) is 0 Å². The summed E-state index contributed by atoms with van der Waals surface area (Å²) in [5, 5.41) is 0. The molecule has 0 unspecified atom stereocenters. The molecule has 2 heterocycles. The molecule has 6 aromatic carbocycles. The summed E-state index contributed by atoms with van der Waals surface area (Å²) in [7, 11) is 0. The van der Waals surface area contributed by atoms with E-state index < -0.39 is 0 Å². The summed E-state index contributed by atoms with van der Waals surface area (Å²) in [5.41, 5.74) is 13.4. The van der Waals surface area contributed by atoms with Crippen LogP contribution in [0, 0.1) is 6.92 Å². The molecular formula is C40H28N4. The molecule has 4 heteroatoms. The van der Waals surface area contributed by atoms with Crippen LogP contribution in [-0.4, -0.2) is 19.5 Å². The summed E-state index contributed by atoms with van der Waals surface area (Å²) in [6, 6.07) is 52.4. The van der Waals surface area contributed by atoms with Crippen molar-refractivity contribution in [3.8, 4) is 50.7 Å². The molecule has 0 fully saturated rings. The first kappa shape index (κ1) is 25.8. The molecule has 44 heavy (non-hydrogen) atoms. The van der Waals surface area contributed by atoms with Crippen molar-refractivity contribution in [2.24, 2.45) is 0 Å². The Hall–Kier alpha value is -5.87. The third-order valence-electron chi connectivity index (χ3n) is 8.15. The maximum Gasteiger partial charge on any atom is 0.145 e. The quantitative estimate of drug-likeness (QED) is 0.209. The normalized spacial score (nSPS) is 11.3. The number of rotatable bonds is 5. The monoisotopic (exact) mass is 564 g/mol. The summed E-state index contributed by atoms with van der Waals surface area (Å²) in [6.07, 6.45) is 0. The van der Waals surface area contributed by atoms with Gasteiger partial charge in [0.25, 0.3) is 0 Å². The SMILES string of the molecule is Cc1cccc2c1nc(-c1ccc(-c3ccc(-c4nc5ccccc5nc4-c4ccccc4)cc3)cc1)n2-c1ccccc1. The van der Waals surface area contributed by atoms with Gasteiger partial charge < -0.3 is 0 Å². The van der Waals surface area contributed by atoms with Gasteiger partial charge >= 0.3 is 0 Å². The van der Waals surface area contributed by atoms with Crippen molar-refractivity contribution in [1.82, 2.24) is 19.5 Å². The molecular weight excluding hydrogens is 536 g/mol. The number of hydrogen-bond donors (Lipinski definition) is 0. The lowest BCUT2D eigenvalue weighted by atomic mass is 9.99. The number of benzene rings is 6. The standard InChI is InChI=1S/C40H28N4/c1-27-11-10-18-36-37(27)43-40(44(36)33-14-6-3-7-15-33)32-25-21-29(22-26-32)28-19-23-31(24-20-28)39-38(30-12-4-2-5-13-30)41-34-16-8-9-17-35(34)42-39/h2-26H,1H3. The van der Waals surface area contributed by atoms with Crippen molar-refractivity contribution >= 4 is 22.1 Å². The van der Waals surface area contributed by atoms with Crippen molar-refractivity contribution in [2.75, 3.05) is 0 Å². The van der Waals surface area contributed by atoms with Gasteiger partial charge in [0.15, 0.2) is 0 Å². The molecule has 0 saturated carbocycles. The number of nitrogens with zero attached hydrogens (tertiary/aromatic N) is 4. The van der Waals surface area contributed by atoms with E-state index >= 15 is 0 Å². The zero-order chi connectivity index (χ0) is 29.5. The molecule has 8 aromatic rings. The van der Waals surface area contributed by atoms with Gasteiger partial charge in [-0.15, -0.1) is 0 Å². The third kappa shape index (κ3) is 4.54. The second-order valence-corrected chi connectivity index (χ2v) is 11.0. The topological polar surface area (TPSA) is 43.6 Å². The van der Waals surface area contributed by atoms with Gasteiger partial charge in [-0.2, -0.15) is 0 Å². The van der Waals surface area contributed by atoms with Crippen LogP contribution in [0.5, 0.6) is 0 Å². The molecule has 0 radical (unpaired) electrons. The van der Waals surface area contributed by atoms with Crippen LogP contribution in [0.25, 0.3) is 72.8 Å². The molecule has 0 atom stereocenters. The maximum absolute atomic E-state index is 5.11. The predicted molar refractivity (Wildman–Crippen MR) is 181 cm³/mol. The molecule has 0 amide bonds. The number of fused-ring (bicyclic) bond motifs is 2. The van der Waals surface area contributed by atoms with E-state index in [9.17, 15) is 0 Å². The van der Waals surface area contributed by atoms with E-state index in [4.69, 9.17) is 15.0 Å². The van der Waals surface area contributed by atoms with Gasteiger partial charge in [-0.25, -0.2) is 15.0 Å². The van der Waals surface area contributed by atoms with Crippen molar-refractivity contribution in [3.63, 3.8) is 0 Å². The summed E-state index contributed by atoms with van der Waals surface area (Å²) >= 11 is 0. The van der Waals surface area contributed by atoms with Crippen LogP contribution in [0.1, 0.15) is 5.56 Å².